The highest BCUT2D eigenvalue weighted by molar-refractivity contribution is 7.91. The van der Waals surface area contributed by atoms with E-state index in [4.69, 9.17) is 0 Å². The molecule has 0 aliphatic carbocycles. The predicted molar refractivity (Wildman–Crippen MR) is 88.7 cm³/mol. The molecule has 1 unspecified atom stereocenters. The van der Waals surface area contributed by atoms with E-state index in [1.807, 2.05) is 10.6 Å². The van der Waals surface area contributed by atoms with E-state index >= 15 is 0 Å². The summed E-state index contributed by atoms with van der Waals surface area (Å²) >= 11 is 0. The number of amides is 2. The van der Waals surface area contributed by atoms with Gasteiger partial charge in [-0.3, -0.25) is 4.79 Å². The highest BCUT2D eigenvalue weighted by Crippen LogP contribution is 2.34. The van der Waals surface area contributed by atoms with Crippen LogP contribution in [0.15, 0.2) is 23.0 Å². The molecule has 0 saturated carbocycles. The molecule has 2 bridgehead atoms. The van der Waals surface area contributed by atoms with Crippen LogP contribution in [0.1, 0.15) is 24.5 Å². The van der Waals surface area contributed by atoms with E-state index in [0.717, 1.165) is 12.1 Å². The van der Waals surface area contributed by atoms with Gasteiger partial charge in [-0.05, 0) is 24.8 Å². The molecule has 3 atom stereocenters. The van der Waals surface area contributed by atoms with Crippen molar-refractivity contribution >= 4 is 15.9 Å². The molecule has 4 heterocycles. The predicted octanol–water partition coefficient (Wildman–Crippen LogP) is 0.164. The standard InChI is InChI=1S/C16H21N3O4S/c20-15-3-1-2-14-12-6-11(8-19(14)15)7-18(9-12)16(21)17-13-4-5-24(22,23)10-13/h1-3,11-13H,4-10H2,(H,17,21)/t11-,12+,13?/m1/s1. The molecule has 130 valence electrons. The Balaban J connectivity index is 1.48. The third kappa shape index (κ3) is 2.83. The number of likely N-dealkylation sites (tertiary alicyclic amines) is 1. The average molecular weight is 351 g/mol. The van der Waals surface area contributed by atoms with E-state index in [2.05, 4.69) is 5.32 Å². The summed E-state index contributed by atoms with van der Waals surface area (Å²) in [4.78, 5) is 26.3. The Hall–Kier alpha value is -1.83. The number of hydrogen-bond acceptors (Lipinski definition) is 4. The number of carbonyl (C=O) groups is 1. The third-order valence-electron chi connectivity index (χ3n) is 5.33. The highest BCUT2D eigenvalue weighted by Gasteiger charge is 2.37. The molecule has 0 aromatic carbocycles. The molecule has 2 amide bonds. The van der Waals surface area contributed by atoms with E-state index in [1.54, 1.807) is 17.0 Å². The molecular weight excluding hydrogens is 330 g/mol. The molecule has 8 heteroatoms. The number of nitrogens with one attached hydrogen (secondary N) is 1. The zero-order chi connectivity index (χ0) is 16.9. The maximum absolute atomic E-state index is 12.5. The number of carbonyl (C=O) groups excluding carboxylic acids is 1. The molecule has 1 aromatic rings. The van der Waals surface area contributed by atoms with Gasteiger partial charge in [0, 0.05) is 43.4 Å². The Bertz CT molecular complexity index is 832. The summed E-state index contributed by atoms with van der Waals surface area (Å²) in [6, 6.07) is 4.86. The molecule has 1 N–H and O–H groups in total. The van der Waals surface area contributed by atoms with Crippen LogP contribution in [0.2, 0.25) is 0 Å². The molecule has 0 spiro atoms. The molecule has 0 radical (unpaired) electrons. The Kier molecular flexibility index (Phi) is 3.67. The van der Waals surface area contributed by atoms with Crippen LogP contribution < -0.4 is 10.9 Å². The molecule has 3 aliphatic heterocycles. The number of rotatable bonds is 1. The van der Waals surface area contributed by atoms with Gasteiger partial charge >= 0.3 is 6.03 Å². The monoisotopic (exact) mass is 351 g/mol. The number of nitrogens with zero attached hydrogens (tertiary/aromatic N) is 2. The summed E-state index contributed by atoms with van der Waals surface area (Å²) < 4.78 is 24.9. The average Bonchev–Trinajstić information content (AvgIpc) is 2.87. The van der Waals surface area contributed by atoms with Gasteiger partial charge in [-0.25, -0.2) is 13.2 Å². The maximum Gasteiger partial charge on any atom is 0.317 e. The van der Waals surface area contributed by atoms with Crippen molar-refractivity contribution in [3.63, 3.8) is 0 Å². The second-order valence-electron chi connectivity index (χ2n) is 7.15. The van der Waals surface area contributed by atoms with Crippen molar-refractivity contribution in [3.05, 3.63) is 34.2 Å². The summed E-state index contributed by atoms with van der Waals surface area (Å²) in [5.74, 6) is 0.635. The van der Waals surface area contributed by atoms with Gasteiger partial charge in [-0.15, -0.1) is 0 Å². The van der Waals surface area contributed by atoms with E-state index in [1.165, 1.54) is 0 Å². The van der Waals surface area contributed by atoms with Gasteiger partial charge in [-0.1, -0.05) is 6.07 Å². The fraction of sp³-hybridized carbons (Fsp3) is 0.625. The van der Waals surface area contributed by atoms with E-state index in [9.17, 15) is 18.0 Å². The zero-order valence-electron chi connectivity index (χ0n) is 13.3. The number of pyridine rings is 1. The lowest BCUT2D eigenvalue weighted by molar-refractivity contribution is 0.129. The quantitative estimate of drug-likeness (QED) is 0.781. The van der Waals surface area contributed by atoms with Gasteiger partial charge in [0.1, 0.15) is 0 Å². The van der Waals surface area contributed by atoms with Crippen LogP contribution >= 0.6 is 0 Å². The first-order valence-corrected chi connectivity index (χ1v) is 10.2. The van der Waals surface area contributed by atoms with Crippen LogP contribution in [0, 0.1) is 5.92 Å². The van der Waals surface area contributed by atoms with Crippen molar-refractivity contribution in [2.75, 3.05) is 24.6 Å². The number of sulfone groups is 1. The van der Waals surface area contributed by atoms with Crippen molar-refractivity contribution in [3.8, 4) is 0 Å². The van der Waals surface area contributed by atoms with Crippen LogP contribution in [-0.4, -0.2) is 54.6 Å². The zero-order valence-corrected chi connectivity index (χ0v) is 14.2. The molecule has 3 aliphatic rings. The number of urea groups is 1. The molecule has 2 saturated heterocycles. The minimum absolute atomic E-state index is 0.0243. The lowest BCUT2D eigenvalue weighted by Crippen LogP contribution is -2.53. The van der Waals surface area contributed by atoms with Crippen molar-refractivity contribution in [1.29, 1.82) is 0 Å². The van der Waals surface area contributed by atoms with Crippen molar-refractivity contribution in [1.82, 2.24) is 14.8 Å². The second kappa shape index (κ2) is 5.61. The number of piperidine rings is 1. The number of fused-ring (bicyclic) bond motifs is 4. The Morgan fingerprint density at radius 3 is 2.79 bits per heavy atom. The minimum atomic E-state index is -3.00. The minimum Gasteiger partial charge on any atom is -0.334 e. The topological polar surface area (TPSA) is 88.5 Å². The normalized spacial score (nSPS) is 30.7. The summed E-state index contributed by atoms with van der Waals surface area (Å²) in [6.45, 7) is 1.83. The Morgan fingerprint density at radius 2 is 2.04 bits per heavy atom. The molecule has 4 rings (SSSR count). The van der Waals surface area contributed by atoms with Crippen LogP contribution in [0.25, 0.3) is 0 Å². The SMILES string of the molecule is O=C(NC1CCS(=O)(=O)C1)N1C[C@H]2C[C@@H](C1)c1cccc(=O)n1C2. The summed E-state index contributed by atoms with van der Waals surface area (Å²) in [5, 5.41) is 2.87. The molecule has 7 nitrogen and oxygen atoms in total. The Morgan fingerprint density at radius 1 is 1.21 bits per heavy atom. The highest BCUT2D eigenvalue weighted by atomic mass is 32.2. The van der Waals surface area contributed by atoms with Crippen LogP contribution in [-0.2, 0) is 16.4 Å². The van der Waals surface area contributed by atoms with Crippen LogP contribution in [0.3, 0.4) is 0 Å². The lowest BCUT2D eigenvalue weighted by Gasteiger charge is -2.42. The van der Waals surface area contributed by atoms with Crippen LogP contribution in [0.4, 0.5) is 4.79 Å². The summed E-state index contributed by atoms with van der Waals surface area (Å²) in [5.41, 5.74) is 1.02. The van der Waals surface area contributed by atoms with Crippen molar-refractivity contribution in [2.45, 2.75) is 31.3 Å². The third-order valence-corrected chi connectivity index (χ3v) is 7.09. The van der Waals surface area contributed by atoms with Gasteiger partial charge in [0.15, 0.2) is 9.84 Å². The van der Waals surface area contributed by atoms with Gasteiger partial charge in [-0.2, -0.15) is 0 Å². The summed E-state index contributed by atoms with van der Waals surface area (Å²) in [7, 11) is -3.00. The van der Waals surface area contributed by atoms with Gasteiger partial charge in [0.05, 0.1) is 11.5 Å². The smallest absolute Gasteiger partial charge is 0.317 e. The first-order valence-electron chi connectivity index (χ1n) is 8.37. The molecule has 1 aromatic heterocycles. The first-order chi connectivity index (χ1) is 11.4. The van der Waals surface area contributed by atoms with E-state index in [-0.39, 0.29) is 41.0 Å². The maximum atomic E-state index is 12.5. The number of hydrogen-bond donors (Lipinski definition) is 1. The fourth-order valence-electron chi connectivity index (χ4n) is 4.24. The van der Waals surface area contributed by atoms with Crippen LogP contribution in [0.5, 0.6) is 0 Å². The molecule has 24 heavy (non-hydrogen) atoms. The lowest BCUT2D eigenvalue weighted by atomic mass is 9.83. The molecular formula is C16H21N3O4S. The fourth-order valence-corrected chi connectivity index (χ4v) is 5.91. The second-order valence-corrected chi connectivity index (χ2v) is 9.38. The van der Waals surface area contributed by atoms with E-state index < -0.39 is 9.84 Å². The van der Waals surface area contributed by atoms with Gasteiger partial charge in [0.2, 0.25) is 0 Å². The first kappa shape index (κ1) is 15.7. The summed E-state index contributed by atoms with van der Waals surface area (Å²) in [6.07, 6.45) is 1.48. The molecule has 2 fully saturated rings. The van der Waals surface area contributed by atoms with Gasteiger partial charge in [0.25, 0.3) is 5.56 Å². The largest absolute Gasteiger partial charge is 0.334 e. The van der Waals surface area contributed by atoms with E-state index in [0.29, 0.717) is 26.1 Å². The van der Waals surface area contributed by atoms with Crippen molar-refractivity contribution in [2.24, 2.45) is 5.92 Å². The number of aromatic nitrogens is 1. The van der Waals surface area contributed by atoms with Crippen molar-refractivity contribution < 1.29 is 13.2 Å². The van der Waals surface area contributed by atoms with Gasteiger partial charge < -0.3 is 14.8 Å². The Labute approximate surface area is 140 Å².